The van der Waals surface area contributed by atoms with E-state index < -0.39 is 0 Å². The standard InChI is InChI=1S/C26H16OS/c1-2-6-20(7-3-1)22-12-13-24-25(17-27-26(24)16-22)23-9-5-4-8-21(23)11-10-19-14-15-28-18-19/h1-9,12-18H. The number of rotatable bonds is 2. The van der Waals surface area contributed by atoms with E-state index in [9.17, 15) is 0 Å². The minimum absolute atomic E-state index is 0.886. The van der Waals surface area contributed by atoms with Gasteiger partial charge >= 0.3 is 0 Å². The van der Waals surface area contributed by atoms with Gasteiger partial charge in [-0.15, -0.1) is 0 Å². The van der Waals surface area contributed by atoms with Crippen LogP contribution in [0.15, 0.2) is 100 Å². The van der Waals surface area contributed by atoms with E-state index in [1.807, 2.05) is 35.9 Å². The molecule has 0 N–H and O–H groups in total. The van der Waals surface area contributed by atoms with E-state index in [4.69, 9.17) is 4.42 Å². The van der Waals surface area contributed by atoms with Gasteiger partial charge in [0.2, 0.25) is 0 Å². The van der Waals surface area contributed by atoms with E-state index in [0.29, 0.717) is 0 Å². The second-order valence-corrected chi connectivity index (χ2v) is 7.31. The van der Waals surface area contributed by atoms with Gasteiger partial charge in [0.1, 0.15) is 5.58 Å². The summed E-state index contributed by atoms with van der Waals surface area (Å²) in [4.78, 5) is 0. The largest absolute Gasteiger partial charge is 0.464 e. The Hall–Kier alpha value is -3.54. The third kappa shape index (κ3) is 3.13. The molecule has 5 rings (SSSR count). The zero-order valence-electron chi connectivity index (χ0n) is 15.1. The van der Waals surface area contributed by atoms with Crippen molar-refractivity contribution in [1.29, 1.82) is 0 Å². The van der Waals surface area contributed by atoms with Gasteiger partial charge < -0.3 is 4.42 Å². The molecule has 0 spiro atoms. The Morgan fingerprint density at radius 1 is 0.714 bits per heavy atom. The maximum Gasteiger partial charge on any atom is 0.135 e. The quantitative estimate of drug-likeness (QED) is 0.296. The van der Waals surface area contributed by atoms with Crippen LogP contribution in [0.2, 0.25) is 0 Å². The predicted molar refractivity (Wildman–Crippen MR) is 117 cm³/mol. The molecular formula is C26H16OS. The van der Waals surface area contributed by atoms with Crippen LogP contribution in [0.1, 0.15) is 11.1 Å². The number of thiophene rings is 1. The van der Waals surface area contributed by atoms with Crippen molar-refractivity contribution in [1.82, 2.24) is 0 Å². The van der Waals surface area contributed by atoms with Gasteiger partial charge in [-0.25, -0.2) is 0 Å². The molecule has 0 atom stereocenters. The van der Waals surface area contributed by atoms with Gasteiger partial charge in [-0.2, -0.15) is 11.3 Å². The zero-order valence-corrected chi connectivity index (χ0v) is 15.9. The van der Waals surface area contributed by atoms with Gasteiger partial charge in [0.25, 0.3) is 0 Å². The summed E-state index contributed by atoms with van der Waals surface area (Å²) in [6.07, 6.45) is 1.84. The summed E-state index contributed by atoms with van der Waals surface area (Å²) < 4.78 is 5.92. The summed E-state index contributed by atoms with van der Waals surface area (Å²) in [5.74, 6) is 6.57. The van der Waals surface area contributed by atoms with Crippen molar-refractivity contribution < 1.29 is 4.42 Å². The van der Waals surface area contributed by atoms with Gasteiger partial charge in [-0.05, 0) is 40.8 Å². The SMILES string of the molecule is C(#Cc1ccccc1-c1coc2cc(-c3ccccc3)ccc12)c1ccsc1. The van der Waals surface area contributed by atoms with E-state index in [1.54, 1.807) is 11.3 Å². The Kier molecular flexibility index (Phi) is 4.29. The van der Waals surface area contributed by atoms with E-state index in [2.05, 4.69) is 71.8 Å². The summed E-state index contributed by atoms with van der Waals surface area (Å²) in [5.41, 5.74) is 7.44. The Balaban J connectivity index is 1.59. The van der Waals surface area contributed by atoms with Gasteiger partial charge in [-0.1, -0.05) is 66.4 Å². The fourth-order valence-electron chi connectivity index (χ4n) is 3.35. The van der Waals surface area contributed by atoms with E-state index >= 15 is 0 Å². The third-order valence-corrected chi connectivity index (χ3v) is 5.45. The second kappa shape index (κ2) is 7.23. The van der Waals surface area contributed by atoms with Crippen LogP contribution in [0.3, 0.4) is 0 Å². The maximum absolute atomic E-state index is 5.92. The molecule has 0 aliphatic carbocycles. The van der Waals surface area contributed by atoms with Gasteiger partial charge in [0.05, 0.1) is 6.26 Å². The highest BCUT2D eigenvalue weighted by Crippen LogP contribution is 2.34. The number of hydrogen-bond donors (Lipinski definition) is 0. The van der Waals surface area contributed by atoms with Crippen LogP contribution in [0.5, 0.6) is 0 Å². The molecule has 3 aromatic carbocycles. The summed E-state index contributed by atoms with van der Waals surface area (Å²) in [7, 11) is 0. The molecule has 2 heterocycles. The predicted octanol–water partition coefficient (Wildman–Crippen LogP) is 7.23. The average molecular weight is 376 g/mol. The molecule has 2 heteroatoms. The average Bonchev–Trinajstić information content (AvgIpc) is 3.42. The smallest absolute Gasteiger partial charge is 0.135 e. The maximum atomic E-state index is 5.92. The minimum Gasteiger partial charge on any atom is -0.464 e. The first-order valence-corrected chi connectivity index (χ1v) is 10.0. The van der Waals surface area contributed by atoms with Crippen molar-refractivity contribution >= 4 is 22.3 Å². The number of benzene rings is 3. The molecule has 28 heavy (non-hydrogen) atoms. The second-order valence-electron chi connectivity index (χ2n) is 6.53. The third-order valence-electron chi connectivity index (χ3n) is 4.76. The monoisotopic (exact) mass is 376 g/mol. The highest BCUT2D eigenvalue weighted by Gasteiger charge is 2.12. The molecule has 0 fully saturated rings. The lowest BCUT2D eigenvalue weighted by atomic mass is 9.97. The Morgan fingerprint density at radius 3 is 2.43 bits per heavy atom. The van der Waals surface area contributed by atoms with E-state index in [0.717, 1.165) is 38.8 Å². The van der Waals surface area contributed by atoms with Gasteiger partial charge in [0.15, 0.2) is 0 Å². The molecule has 0 aliphatic heterocycles. The fraction of sp³-hybridized carbons (Fsp3) is 0. The first-order valence-electron chi connectivity index (χ1n) is 9.09. The van der Waals surface area contributed by atoms with Crippen LogP contribution in [0.4, 0.5) is 0 Å². The molecule has 0 saturated carbocycles. The highest BCUT2D eigenvalue weighted by molar-refractivity contribution is 7.08. The fourth-order valence-corrected chi connectivity index (χ4v) is 3.94. The van der Waals surface area contributed by atoms with Gasteiger partial charge in [0, 0.05) is 33.0 Å². The molecule has 0 radical (unpaired) electrons. The Labute approximate surface area is 167 Å². The molecule has 1 nitrogen and oxygen atoms in total. The van der Waals surface area contributed by atoms with Crippen molar-refractivity contribution in [3.8, 4) is 34.1 Å². The van der Waals surface area contributed by atoms with Gasteiger partial charge in [-0.3, -0.25) is 0 Å². The van der Waals surface area contributed by atoms with Crippen molar-refractivity contribution in [2.24, 2.45) is 0 Å². The summed E-state index contributed by atoms with van der Waals surface area (Å²) in [5, 5.41) is 5.21. The zero-order chi connectivity index (χ0) is 18.8. The van der Waals surface area contributed by atoms with Crippen molar-refractivity contribution in [2.75, 3.05) is 0 Å². The molecule has 0 unspecified atom stereocenters. The lowest BCUT2D eigenvalue weighted by molar-refractivity contribution is 0.617. The molecule has 0 saturated heterocycles. The lowest BCUT2D eigenvalue weighted by Crippen LogP contribution is -1.83. The summed E-state index contributed by atoms with van der Waals surface area (Å²) >= 11 is 1.66. The molecule has 5 aromatic rings. The van der Waals surface area contributed by atoms with Crippen LogP contribution in [-0.2, 0) is 0 Å². The van der Waals surface area contributed by atoms with Crippen LogP contribution in [0.25, 0.3) is 33.2 Å². The first kappa shape index (κ1) is 16.6. The first-order chi connectivity index (χ1) is 13.9. The number of hydrogen-bond acceptors (Lipinski definition) is 2. The highest BCUT2D eigenvalue weighted by atomic mass is 32.1. The summed E-state index contributed by atoms with van der Waals surface area (Å²) in [6.45, 7) is 0. The molecular weight excluding hydrogens is 360 g/mol. The Bertz CT molecular complexity index is 1300. The van der Waals surface area contributed by atoms with Crippen molar-refractivity contribution in [2.45, 2.75) is 0 Å². The normalized spacial score (nSPS) is 10.6. The van der Waals surface area contributed by atoms with Crippen LogP contribution in [0, 0.1) is 11.8 Å². The number of fused-ring (bicyclic) bond motifs is 1. The van der Waals surface area contributed by atoms with Crippen LogP contribution >= 0.6 is 11.3 Å². The van der Waals surface area contributed by atoms with Crippen molar-refractivity contribution in [3.05, 3.63) is 107 Å². The molecule has 132 valence electrons. The molecule has 2 aromatic heterocycles. The topological polar surface area (TPSA) is 13.1 Å². The van der Waals surface area contributed by atoms with E-state index in [1.165, 1.54) is 5.56 Å². The minimum atomic E-state index is 0.886. The molecule has 0 bridgehead atoms. The lowest BCUT2D eigenvalue weighted by Gasteiger charge is -2.04. The molecule has 0 amide bonds. The molecule has 0 aliphatic rings. The number of furan rings is 1. The van der Waals surface area contributed by atoms with Crippen LogP contribution < -0.4 is 0 Å². The summed E-state index contributed by atoms with van der Waals surface area (Å²) in [6, 6.07) is 27.0. The van der Waals surface area contributed by atoms with E-state index in [-0.39, 0.29) is 0 Å². The van der Waals surface area contributed by atoms with Crippen LogP contribution in [-0.4, -0.2) is 0 Å². The Morgan fingerprint density at radius 2 is 1.57 bits per heavy atom. The van der Waals surface area contributed by atoms with Crippen molar-refractivity contribution in [3.63, 3.8) is 0 Å².